The van der Waals surface area contributed by atoms with E-state index in [-0.39, 0.29) is 5.41 Å². The SMILES string of the molecule is Cc1ncc(-c2ccc(OCC(C)C)cn2)c(N2CCC(C)(C)CC2)c1[C@H](OC(C)(C)C)C(=O)O. The Morgan fingerprint density at radius 2 is 1.80 bits per heavy atom. The molecular formula is C28H41N3O4. The summed E-state index contributed by atoms with van der Waals surface area (Å²) in [5, 5.41) is 10.2. The Bertz CT molecular complexity index is 1020. The summed E-state index contributed by atoms with van der Waals surface area (Å²) in [6.07, 6.45) is 4.42. The highest BCUT2D eigenvalue weighted by Gasteiger charge is 2.35. The molecule has 3 rings (SSSR count). The number of anilines is 1. The average molecular weight is 484 g/mol. The molecule has 0 amide bonds. The van der Waals surface area contributed by atoms with E-state index < -0.39 is 17.7 Å². The monoisotopic (exact) mass is 483 g/mol. The van der Waals surface area contributed by atoms with Gasteiger partial charge >= 0.3 is 5.97 Å². The Morgan fingerprint density at radius 1 is 1.14 bits per heavy atom. The van der Waals surface area contributed by atoms with Crippen LogP contribution in [0.15, 0.2) is 24.5 Å². The molecule has 2 aromatic rings. The van der Waals surface area contributed by atoms with Crippen LogP contribution in [0.1, 0.15) is 78.7 Å². The van der Waals surface area contributed by atoms with Gasteiger partial charge in [-0.3, -0.25) is 9.97 Å². The van der Waals surface area contributed by atoms with Gasteiger partial charge in [0.1, 0.15) is 5.75 Å². The molecule has 0 spiro atoms. The number of hydrogen-bond donors (Lipinski definition) is 1. The van der Waals surface area contributed by atoms with Crippen molar-refractivity contribution in [2.45, 2.75) is 79.9 Å². The van der Waals surface area contributed by atoms with Gasteiger partial charge in [-0.25, -0.2) is 4.79 Å². The quantitative estimate of drug-likeness (QED) is 0.489. The van der Waals surface area contributed by atoms with Crippen molar-refractivity contribution in [1.29, 1.82) is 0 Å². The zero-order chi connectivity index (χ0) is 26.0. The number of hydrogen-bond acceptors (Lipinski definition) is 6. The van der Waals surface area contributed by atoms with Crippen molar-refractivity contribution in [3.63, 3.8) is 0 Å². The topological polar surface area (TPSA) is 84.8 Å². The van der Waals surface area contributed by atoms with E-state index in [1.54, 1.807) is 12.4 Å². The highest BCUT2D eigenvalue weighted by molar-refractivity contribution is 5.85. The van der Waals surface area contributed by atoms with E-state index in [9.17, 15) is 9.90 Å². The first kappa shape index (κ1) is 26.9. The van der Waals surface area contributed by atoms with Gasteiger partial charge in [-0.2, -0.15) is 0 Å². The zero-order valence-corrected chi connectivity index (χ0v) is 22.5. The number of rotatable bonds is 8. The first-order valence-electron chi connectivity index (χ1n) is 12.5. The molecule has 1 N–H and O–H groups in total. The minimum Gasteiger partial charge on any atom is -0.492 e. The maximum absolute atomic E-state index is 12.5. The zero-order valence-electron chi connectivity index (χ0n) is 22.5. The van der Waals surface area contributed by atoms with Crippen LogP contribution in [0.5, 0.6) is 5.75 Å². The molecule has 1 saturated heterocycles. The van der Waals surface area contributed by atoms with Crippen LogP contribution < -0.4 is 9.64 Å². The third-order valence-corrected chi connectivity index (χ3v) is 6.27. The van der Waals surface area contributed by atoms with Crippen LogP contribution in [0, 0.1) is 18.3 Å². The molecule has 0 saturated carbocycles. The summed E-state index contributed by atoms with van der Waals surface area (Å²) in [5.74, 6) is 0.110. The van der Waals surface area contributed by atoms with E-state index in [0.29, 0.717) is 29.5 Å². The van der Waals surface area contributed by atoms with Gasteiger partial charge in [0, 0.05) is 36.1 Å². The number of carbonyl (C=O) groups is 1. The number of carboxylic acids is 1. The van der Waals surface area contributed by atoms with Gasteiger partial charge in [-0.1, -0.05) is 27.7 Å². The van der Waals surface area contributed by atoms with Crippen molar-refractivity contribution in [3.05, 3.63) is 35.8 Å². The third kappa shape index (κ3) is 6.94. The van der Waals surface area contributed by atoms with Gasteiger partial charge in [0.25, 0.3) is 0 Å². The van der Waals surface area contributed by atoms with Crippen LogP contribution in [0.25, 0.3) is 11.3 Å². The minimum atomic E-state index is -1.14. The molecule has 2 aromatic heterocycles. The lowest BCUT2D eigenvalue weighted by Gasteiger charge is -2.40. The largest absolute Gasteiger partial charge is 0.492 e. The molecule has 0 aromatic carbocycles. The molecule has 0 aliphatic carbocycles. The second-order valence-electron chi connectivity index (χ2n) is 11.7. The average Bonchev–Trinajstić information content (AvgIpc) is 2.76. The summed E-state index contributed by atoms with van der Waals surface area (Å²) in [6, 6.07) is 3.83. The molecular weight excluding hydrogens is 442 g/mol. The molecule has 1 atom stereocenters. The smallest absolute Gasteiger partial charge is 0.337 e. The fourth-order valence-corrected chi connectivity index (χ4v) is 4.26. The van der Waals surface area contributed by atoms with E-state index in [4.69, 9.17) is 9.47 Å². The maximum atomic E-state index is 12.5. The predicted molar refractivity (Wildman–Crippen MR) is 139 cm³/mol. The summed E-state index contributed by atoms with van der Waals surface area (Å²) in [4.78, 5) is 24.1. The number of ether oxygens (including phenoxy) is 2. The molecule has 35 heavy (non-hydrogen) atoms. The highest BCUT2D eigenvalue weighted by atomic mass is 16.5. The molecule has 0 unspecified atom stereocenters. The molecule has 0 radical (unpaired) electrons. The number of aromatic nitrogens is 2. The van der Waals surface area contributed by atoms with Gasteiger partial charge in [-0.05, 0) is 64.0 Å². The minimum absolute atomic E-state index is 0.251. The second kappa shape index (κ2) is 10.5. The first-order valence-corrected chi connectivity index (χ1v) is 12.5. The number of aliphatic carboxylic acids is 1. The predicted octanol–water partition coefficient (Wildman–Crippen LogP) is 6.05. The van der Waals surface area contributed by atoms with E-state index in [1.165, 1.54) is 0 Å². The van der Waals surface area contributed by atoms with Crippen molar-refractivity contribution in [1.82, 2.24) is 9.97 Å². The summed E-state index contributed by atoms with van der Waals surface area (Å²) < 4.78 is 11.9. The van der Waals surface area contributed by atoms with E-state index in [2.05, 4.69) is 42.6 Å². The fraction of sp³-hybridized carbons (Fsp3) is 0.607. The Hall–Kier alpha value is -2.67. The van der Waals surface area contributed by atoms with Crippen LogP contribution in [-0.4, -0.2) is 46.3 Å². The van der Waals surface area contributed by atoms with Crippen LogP contribution in [0.3, 0.4) is 0 Å². The number of piperidine rings is 1. The van der Waals surface area contributed by atoms with Crippen molar-refractivity contribution in [3.8, 4) is 17.0 Å². The van der Waals surface area contributed by atoms with E-state index in [0.717, 1.165) is 42.9 Å². The normalized spacial score (nSPS) is 16.9. The van der Waals surface area contributed by atoms with Crippen molar-refractivity contribution < 1.29 is 19.4 Å². The second-order valence-corrected chi connectivity index (χ2v) is 11.7. The number of aryl methyl sites for hydroxylation is 1. The van der Waals surface area contributed by atoms with Crippen LogP contribution in [-0.2, 0) is 9.53 Å². The molecule has 7 nitrogen and oxygen atoms in total. The summed E-state index contributed by atoms with van der Waals surface area (Å²) >= 11 is 0. The highest BCUT2D eigenvalue weighted by Crippen LogP contribution is 2.43. The number of nitrogens with zero attached hydrogens (tertiary/aromatic N) is 3. The third-order valence-electron chi connectivity index (χ3n) is 6.27. The maximum Gasteiger partial charge on any atom is 0.337 e. The van der Waals surface area contributed by atoms with Gasteiger partial charge in [0.15, 0.2) is 6.10 Å². The van der Waals surface area contributed by atoms with E-state index in [1.807, 2.05) is 39.8 Å². The molecule has 7 heteroatoms. The van der Waals surface area contributed by atoms with Crippen LogP contribution in [0.4, 0.5) is 5.69 Å². The van der Waals surface area contributed by atoms with E-state index >= 15 is 0 Å². The standard InChI is InChI=1S/C28H41N3O4/c1-18(2)17-34-20-9-10-22(30-15-20)21-16-29-19(3)23(25(26(32)33)35-27(4,5)6)24(21)31-13-11-28(7,8)12-14-31/h9-10,15-16,18,25H,11-14,17H2,1-8H3,(H,32,33)/t25-/m0/s1. The van der Waals surface area contributed by atoms with Crippen molar-refractivity contribution in [2.24, 2.45) is 11.3 Å². The molecule has 192 valence electrons. The van der Waals surface area contributed by atoms with Crippen molar-refractivity contribution in [2.75, 3.05) is 24.6 Å². The molecule has 0 bridgehead atoms. The molecule has 3 heterocycles. The molecule has 1 aliphatic rings. The Labute approximate surface area is 209 Å². The lowest BCUT2D eigenvalue weighted by molar-refractivity contribution is -0.160. The molecule has 1 fully saturated rings. The van der Waals surface area contributed by atoms with Crippen molar-refractivity contribution >= 4 is 11.7 Å². The molecule has 1 aliphatic heterocycles. The lowest BCUT2D eigenvalue weighted by atomic mass is 9.82. The summed E-state index contributed by atoms with van der Waals surface area (Å²) in [7, 11) is 0. The lowest BCUT2D eigenvalue weighted by Crippen LogP contribution is -2.39. The summed E-state index contributed by atoms with van der Waals surface area (Å²) in [5.41, 5.74) is 3.27. The Kier molecular flexibility index (Phi) is 8.10. The number of pyridine rings is 2. The Morgan fingerprint density at radius 3 is 2.31 bits per heavy atom. The van der Waals surface area contributed by atoms with Crippen LogP contribution in [0.2, 0.25) is 0 Å². The fourth-order valence-electron chi connectivity index (χ4n) is 4.26. The number of carboxylic acid groups (broad SMARTS) is 1. The summed E-state index contributed by atoms with van der Waals surface area (Å²) in [6.45, 7) is 18.5. The van der Waals surface area contributed by atoms with Gasteiger partial charge in [0.05, 0.1) is 29.8 Å². The Balaban J connectivity index is 2.13. The van der Waals surface area contributed by atoms with Gasteiger partial charge < -0.3 is 19.5 Å². The van der Waals surface area contributed by atoms with Gasteiger partial charge in [0.2, 0.25) is 0 Å². The van der Waals surface area contributed by atoms with Gasteiger partial charge in [-0.15, -0.1) is 0 Å². The first-order chi connectivity index (χ1) is 16.3. The van der Waals surface area contributed by atoms with Crippen LogP contribution >= 0.6 is 0 Å².